The van der Waals surface area contributed by atoms with Crippen molar-refractivity contribution in [1.29, 1.82) is 0 Å². The molecule has 0 aliphatic carbocycles. The van der Waals surface area contributed by atoms with Gasteiger partial charge in [-0.2, -0.15) is 13.2 Å². The smallest absolute Gasteiger partial charge is 0.392 e. The molecule has 0 radical (unpaired) electrons. The summed E-state index contributed by atoms with van der Waals surface area (Å²) in [7, 11) is 0. The minimum absolute atomic E-state index is 0.246. The van der Waals surface area contributed by atoms with E-state index in [0.29, 0.717) is 6.20 Å². The molecule has 0 saturated heterocycles. The van der Waals surface area contributed by atoms with Crippen molar-refractivity contribution in [2.24, 2.45) is 0 Å². The molecular weight excluding hydrogens is 348 g/mol. The second-order valence-corrected chi connectivity index (χ2v) is 3.83. The maximum Gasteiger partial charge on any atom is 0.418 e. The Labute approximate surface area is 101 Å². The van der Waals surface area contributed by atoms with E-state index in [1.54, 1.807) is 0 Å². The summed E-state index contributed by atoms with van der Waals surface area (Å²) in [6.45, 7) is -1.10. The van der Waals surface area contributed by atoms with E-state index in [2.05, 4.69) is 4.98 Å². The van der Waals surface area contributed by atoms with Crippen LogP contribution in [0.2, 0.25) is 0 Å². The molecule has 0 atom stereocenters. The Kier molecular flexibility index (Phi) is 4.05. The first-order valence-corrected chi connectivity index (χ1v) is 5.00. The first-order valence-electron chi connectivity index (χ1n) is 3.92. The van der Waals surface area contributed by atoms with Gasteiger partial charge < -0.3 is 5.11 Å². The number of aliphatic hydroxyl groups is 1. The largest absolute Gasteiger partial charge is 0.418 e. The summed E-state index contributed by atoms with van der Waals surface area (Å²) in [5.41, 5.74) is -3.01. The Bertz CT molecular complexity index is 393. The Morgan fingerprint density at radius 1 is 1.38 bits per heavy atom. The molecule has 0 saturated carbocycles. The van der Waals surface area contributed by atoms with E-state index in [-0.39, 0.29) is 3.70 Å². The molecule has 0 amide bonds. The van der Waals surface area contributed by atoms with E-state index < -0.39 is 35.9 Å². The highest BCUT2D eigenvalue weighted by atomic mass is 127. The fourth-order valence-corrected chi connectivity index (χ4v) is 1.87. The fourth-order valence-electron chi connectivity index (χ4n) is 1.17. The molecular formula is C8H5F5INO. The predicted octanol–water partition coefficient (Wildman–Crippen LogP) is 3.13. The van der Waals surface area contributed by atoms with Crippen molar-refractivity contribution >= 4 is 22.6 Å². The van der Waals surface area contributed by atoms with Crippen molar-refractivity contribution in [3.63, 3.8) is 0 Å². The average molecular weight is 353 g/mol. The van der Waals surface area contributed by atoms with Crippen LogP contribution in [0.15, 0.2) is 6.20 Å². The van der Waals surface area contributed by atoms with E-state index in [0.717, 1.165) is 0 Å². The molecule has 16 heavy (non-hydrogen) atoms. The van der Waals surface area contributed by atoms with E-state index in [1.165, 1.54) is 22.6 Å². The Hall–Kier alpha value is -0.510. The van der Waals surface area contributed by atoms with Crippen LogP contribution in [0, 0.1) is 3.70 Å². The number of nitrogens with zero attached hydrogens (tertiary/aromatic N) is 1. The second-order valence-electron chi connectivity index (χ2n) is 2.81. The molecule has 0 fully saturated rings. The average Bonchev–Trinajstić information content (AvgIpc) is 2.14. The number of aliphatic hydroxyl groups excluding tert-OH is 1. The molecule has 8 heteroatoms. The summed E-state index contributed by atoms with van der Waals surface area (Å²) in [4.78, 5) is 3.25. The maximum atomic E-state index is 12.5. The van der Waals surface area contributed by atoms with E-state index in [4.69, 9.17) is 5.11 Å². The molecule has 0 bridgehead atoms. The van der Waals surface area contributed by atoms with Gasteiger partial charge in [0.25, 0.3) is 6.43 Å². The summed E-state index contributed by atoms with van der Waals surface area (Å²) in [5, 5.41) is 8.77. The van der Waals surface area contributed by atoms with Gasteiger partial charge in [0.2, 0.25) is 0 Å². The molecule has 0 aliphatic rings. The van der Waals surface area contributed by atoms with Crippen LogP contribution in [0.1, 0.15) is 23.1 Å². The zero-order valence-corrected chi connectivity index (χ0v) is 9.68. The number of pyridine rings is 1. The van der Waals surface area contributed by atoms with Crippen molar-refractivity contribution in [3.8, 4) is 0 Å². The third-order valence-electron chi connectivity index (χ3n) is 1.86. The monoisotopic (exact) mass is 353 g/mol. The summed E-state index contributed by atoms with van der Waals surface area (Å²) >= 11 is 1.40. The lowest BCUT2D eigenvalue weighted by Crippen LogP contribution is -2.14. The van der Waals surface area contributed by atoms with Gasteiger partial charge in [-0.15, -0.1) is 0 Å². The lowest BCUT2D eigenvalue weighted by atomic mass is 10.1. The van der Waals surface area contributed by atoms with E-state index in [1.807, 2.05) is 0 Å². The third-order valence-corrected chi connectivity index (χ3v) is 2.72. The van der Waals surface area contributed by atoms with E-state index >= 15 is 0 Å². The van der Waals surface area contributed by atoms with Crippen LogP contribution in [-0.4, -0.2) is 10.1 Å². The molecule has 1 heterocycles. The van der Waals surface area contributed by atoms with Gasteiger partial charge >= 0.3 is 6.18 Å². The highest BCUT2D eigenvalue weighted by molar-refractivity contribution is 14.1. The zero-order chi connectivity index (χ0) is 12.5. The number of aromatic nitrogens is 1. The van der Waals surface area contributed by atoms with Crippen LogP contribution in [0.4, 0.5) is 22.0 Å². The number of alkyl halides is 5. The van der Waals surface area contributed by atoms with E-state index in [9.17, 15) is 22.0 Å². The molecule has 1 rings (SSSR count). The van der Waals surface area contributed by atoms with Crippen LogP contribution in [0.3, 0.4) is 0 Å². The van der Waals surface area contributed by atoms with Gasteiger partial charge in [0, 0.05) is 11.8 Å². The van der Waals surface area contributed by atoms with Crippen LogP contribution >= 0.6 is 22.6 Å². The van der Waals surface area contributed by atoms with Gasteiger partial charge in [0.1, 0.15) is 3.70 Å². The minimum atomic E-state index is -4.81. The second kappa shape index (κ2) is 4.78. The number of rotatable bonds is 2. The van der Waals surface area contributed by atoms with Gasteiger partial charge in [-0.3, -0.25) is 0 Å². The van der Waals surface area contributed by atoms with Crippen molar-refractivity contribution in [3.05, 3.63) is 26.6 Å². The highest BCUT2D eigenvalue weighted by Crippen LogP contribution is 2.37. The highest BCUT2D eigenvalue weighted by Gasteiger charge is 2.36. The maximum absolute atomic E-state index is 12.5. The van der Waals surface area contributed by atoms with Crippen LogP contribution in [-0.2, 0) is 12.8 Å². The standard InChI is InChI=1S/C8H5F5INO/c9-6(10)5-3(2-16)4(8(11,12)13)1-15-7(5)14/h1,6,16H,2H2. The summed E-state index contributed by atoms with van der Waals surface area (Å²) < 4.78 is 62.0. The molecule has 1 aromatic heterocycles. The van der Waals surface area contributed by atoms with Crippen molar-refractivity contribution < 1.29 is 27.1 Å². The number of hydrogen-bond acceptors (Lipinski definition) is 2. The van der Waals surface area contributed by atoms with Crippen LogP contribution in [0.25, 0.3) is 0 Å². The first kappa shape index (κ1) is 13.6. The number of halogens is 6. The molecule has 0 spiro atoms. The summed E-state index contributed by atoms with van der Waals surface area (Å²) in [6, 6.07) is 0. The van der Waals surface area contributed by atoms with Gasteiger partial charge in [0.15, 0.2) is 0 Å². The lowest BCUT2D eigenvalue weighted by Gasteiger charge is -2.15. The van der Waals surface area contributed by atoms with Crippen molar-refractivity contribution in [2.45, 2.75) is 19.2 Å². The minimum Gasteiger partial charge on any atom is -0.392 e. The molecule has 2 nitrogen and oxygen atoms in total. The molecule has 0 unspecified atom stereocenters. The first-order chi connectivity index (χ1) is 7.29. The van der Waals surface area contributed by atoms with Crippen LogP contribution in [0.5, 0.6) is 0 Å². The van der Waals surface area contributed by atoms with Crippen LogP contribution < -0.4 is 0 Å². The Balaban J connectivity index is 3.49. The van der Waals surface area contributed by atoms with Crippen molar-refractivity contribution in [1.82, 2.24) is 4.98 Å². The topological polar surface area (TPSA) is 33.1 Å². The van der Waals surface area contributed by atoms with Gasteiger partial charge in [-0.1, -0.05) is 0 Å². The normalized spacial score (nSPS) is 12.2. The molecule has 0 aliphatic heterocycles. The third kappa shape index (κ3) is 2.59. The van der Waals surface area contributed by atoms with Gasteiger partial charge in [0.05, 0.1) is 17.7 Å². The Morgan fingerprint density at radius 3 is 2.31 bits per heavy atom. The van der Waals surface area contributed by atoms with Gasteiger partial charge in [-0.05, 0) is 22.6 Å². The van der Waals surface area contributed by atoms with Gasteiger partial charge in [-0.25, -0.2) is 13.8 Å². The fraction of sp³-hybridized carbons (Fsp3) is 0.375. The SMILES string of the molecule is OCc1c(C(F)(F)F)cnc(I)c1C(F)F. The number of hydrogen-bond donors (Lipinski definition) is 1. The molecule has 1 N–H and O–H groups in total. The quantitative estimate of drug-likeness (QED) is 0.504. The van der Waals surface area contributed by atoms with Crippen molar-refractivity contribution in [2.75, 3.05) is 0 Å². The summed E-state index contributed by atoms with van der Waals surface area (Å²) in [5.74, 6) is 0. The molecule has 90 valence electrons. The molecule has 0 aromatic carbocycles. The zero-order valence-electron chi connectivity index (χ0n) is 7.52. The Morgan fingerprint density at radius 2 is 1.94 bits per heavy atom. The predicted molar refractivity (Wildman–Crippen MR) is 52.8 cm³/mol. The molecule has 1 aromatic rings. The summed E-state index contributed by atoms with van der Waals surface area (Å²) in [6.07, 6.45) is -7.47. The lowest BCUT2D eigenvalue weighted by molar-refractivity contribution is -0.139.